The van der Waals surface area contributed by atoms with E-state index >= 15 is 0 Å². The van der Waals surface area contributed by atoms with Crippen molar-refractivity contribution in [3.05, 3.63) is 87.0 Å². The molecule has 0 spiro atoms. The van der Waals surface area contributed by atoms with Gasteiger partial charge in [-0.25, -0.2) is 0 Å². The highest BCUT2D eigenvalue weighted by Gasteiger charge is 2.44. The summed E-state index contributed by atoms with van der Waals surface area (Å²) >= 11 is 0. The van der Waals surface area contributed by atoms with Gasteiger partial charge in [0.15, 0.2) is 11.2 Å². The minimum atomic E-state index is -0.691. The zero-order chi connectivity index (χ0) is 21.7. The Morgan fingerprint density at radius 2 is 1.84 bits per heavy atom. The van der Waals surface area contributed by atoms with Gasteiger partial charge < -0.3 is 13.7 Å². The normalized spacial score (nSPS) is 15.5. The fraction of sp³-hybridized carbons (Fsp3) is 0.208. The average Bonchev–Trinajstić information content (AvgIpc) is 3.31. The Kier molecular flexibility index (Phi) is 4.39. The Balaban J connectivity index is 1.76. The van der Waals surface area contributed by atoms with Gasteiger partial charge in [0, 0.05) is 6.07 Å². The van der Waals surface area contributed by atoms with Gasteiger partial charge in [0.25, 0.3) is 5.91 Å². The summed E-state index contributed by atoms with van der Waals surface area (Å²) in [5, 5.41) is 4.47. The molecule has 0 unspecified atom stereocenters. The molecule has 5 rings (SSSR count). The molecule has 1 aliphatic heterocycles. The molecular weight excluding hydrogens is 396 g/mol. The minimum Gasteiger partial charge on any atom is -0.494 e. The van der Waals surface area contributed by atoms with Gasteiger partial charge in [-0.05, 0) is 50.6 Å². The SMILES string of the molecule is CCOc1ccc([C@@H]2c3c(oc4ccc(C)cc4c3=O)C(=O)N2c2cc(C)on2)cc1. The molecule has 1 amide bonds. The van der Waals surface area contributed by atoms with E-state index in [2.05, 4.69) is 5.16 Å². The first-order valence-electron chi connectivity index (χ1n) is 10.0. The van der Waals surface area contributed by atoms with Crippen LogP contribution in [0.15, 0.2) is 62.3 Å². The van der Waals surface area contributed by atoms with Crippen molar-refractivity contribution in [2.45, 2.75) is 26.8 Å². The molecule has 0 saturated heterocycles. The Bertz CT molecular complexity index is 1370. The van der Waals surface area contributed by atoms with Gasteiger partial charge in [-0.15, -0.1) is 0 Å². The summed E-state index contributed by atoms with van der Waals surface area (Å²) in [6.07, 6.45) is 0. The molecular formula is C24H20N2O5. The van der Waals surface area contributed by atoms with Gasteiger partial charge in [-0.3, -0.25) is 14.5 Å². The number of aromatic nitrogens is 1. The van der Waals surface area contributed by atoms with Gasteiger partial charge in [-0.2, -0.15) is 0 Å². The van der Waals surface area contributed by atoms with Crippen LogP contribution in [0, 0.1) is 13.8 Å². The van der Waals surface area contributed by atoms with Crippen molar-refractivity contribution in [1.29, 1.82) is 0 Å². The van der Waals surface area contributed by atoms with E-state index in [1.807, 2.05) is 44.2 Å². The number of nitrogens with zero attached hydrogens (tertiary/aromatic N) is 2. The van der Waals surface area contributed by atoms with Gasteiger partial charge >= 0.3 is 0 Å². The summed E-state index contributed by atoms with van der Waals surface area (Å²) in [5.74, 6) is 1.19. The Morgan fingerprint density at radius 3 is 2.52 bits per heavy atom. The zero-order valence-corrected chi connectivity index (χ0v) is 17.3. The molecule has 0 fully saturated rings. The number of ether oxygens (including phenoxy) is 1. The summed E-state index contributed by atoms with van der Waals surface area (Å²) in [6.45, 7) is 6.11. The monoisotopic (exact) mass is 416 g/mol. The number of fused-ring (bicyclic) bond motifs is 2. The molecule has 0 N–H and O–H groups in total. The van der Waals surface area contributed by atoms with Crippen LogP contribution in [-0.4, -0.2) is 17.7 Å². The van der Waals surface area contributed by atoms with E-state index in [1.54, 1.807) is 25.1 Å². The maximum Gasteiger partial charge on any atom is 0.296 e. The Labute approximate surface area is 177 Å². The fourth-order valence-corrected chi connectivity index (χ4v) is 4.02. The summed E-state index contributed by atoms with van der Waals surface area (Å²) in [5.41, 5.74) is 2.13. The third-order valence-corrected chi connectivity index (χ3v) is 5.39. The standard InChI is InChI=1S/C24H20N2O5/c1-4-29-16-8-6-15(7-9-16)21-20-22(27)17-11-13(2)5-10-18(17)30-23(20)24(28)26(21)19-12-14(3)31-25-19/h5-12,21H,4H2,1-3H3/t21-/m1/s1. The van der Waals surface area contributed by atoms with Crippen LogP contribution in [0.5, 0.6) is 5.75 Å². The van der Waals surface area contributed by atoms with E-state index in [4.69, 9.17) is 13.7 Å². The van der Waals surface area contributed by atoms with E-state index in [9.17, 15) is 9.59 Å². The molecule has 0 bridgehead atoms. The first-order chi connectivity index (χ1) is 15.0. The minimum absolute atomic E-state index is 0.0286. The van der Waals surface area contributed by atoms with E-state index in [-0.39, 0.29) is 11.2 Å². The Morgan fingerprint density at radius 1 is 1.06 bits per heavy atom. The lowest BCUT2D eigenvalue weighted by molar-refractivity contribution is 0.0969. The maximum absolute atomic E-state index is 13.5. The molecule has 4 aromatic rings. The topological polar surface area (TPSA) is 85.8 Å². The van der Waals surface area contributed by atoms with Crippen LogP contribution in [0.3, 0.4) is 0 Å². The van der Waals surface area contributed by atoms with Crippen molar-refractivity contribution in [2.24, 2.45) is 0 Å². The molecule has 0 aliphatic carbocycles. The molecule has 2 aromatic heterocycles. The molecule has 1 aliphatic rings. The number of carbonyl (C=O) groups is 1. The van der Waals surface area contributed by atoms with Gasteiger partial charge in [0.2, 0.25) is 5.76 Å². The molecule has 7 nitrogen and oxygen atoms in total. The van der Waals surface area contributed by atoms with Gasteiger partial charge in [0.05, 0.1) is 23.6 Å². The van der Waals surface area contributed by atoms with Crippen LogP contribution in [0.25, 0.3) is 11.0 Å². The lowest BCUT2D eigenvalue weighted by Crippen LogP contribution is -2.29. The number of anilines is 1. The number of benzene rings is 2. The van der Waals surface area contributed by atoms with Crippen molar-refractivity contribution >= 4 is 22.7 Å². The van der Waals surface area contributed by atoms with Crippen molar-refractivity contribution in [3.8, 4) is 5.75 Å². The van der Waals surface area contributed by atoms with E-state index in [1.165, 1.54) is 4.90 Å². The lowest BCUT2D eigenvalue weighted by Gasteiger charge is -2.22. The van der Waals surface area contributed by atoms with Gasteiger partial charge in [-0.1, -0.05) is 28.9 Å². The molecule has 7 heteroatoms. The third-order valence-electron chi connectivity index (χ3n) is 5.39. The van der Waals surface area contributed by atoms with Crippen molar-refractivity contribution in [3.63, 3.8) is 0 Å². The second-order valence-electron chi connectivity index (χ2n) is 7.55. The highest BCUT2D eigenvalue weighted by molar-refractivity contribution is 6.10. The van der Waals surface area contributed by atoms with Crippen molar-refractivity contribution < 1.29 is 18.5 Å². The van der Waals surface area contributed by atoms with E-state index < -0.39 is 11.9 Å². The lowest BCUT2D eigenvalue weighted by atomic mass is 9.98. The molecule has 3 heterocycles. The summed E-state index contributed by atoms with van der Waals surface area (Å²) in [6, 6.07) is 13.7. The largest absolute Gasteiger partial charge is 0.494 e. The molecule has 2 aromatic carbocycles. The molecule has 31 heavy (non-hydrogen) atoms. The maximum atomic E-state index is 13.5. The number of hydrogen-bond donors (Lipinski definition) is 0. The second-order valence-corrected chi connectivity index (χ2v) is 7.55. The van der Waals surface area contributed by atoms with E-state index in [0.29, 0.717) is 40.5 Å². The smallest absolute Gasteiger partial charge is 0.296 e. The summed E-state index contributed by atoms with van der Waals surface area (Å²) in [4.78, 5) is 28.4. The van der Waals surface area contributed by atoms with Crippen LogP contribution in [0.2, 0.25) is 0 Å². The van der Waals surface area contributed by atoms with Crippen LogP contribution in [0.1, 0.15) is 46.0 Å². The molecule has 1 atom stereocenters. The van der Waals surface area contributed by atoms with Crippen molar-refractivity contribution in [1.82, 2.24) is 5.16 Å². The number of hydrogen-bond acceptors (Lipinski definition) is 6. The highest BCUT2D eigenvalue weighted by atomic mass is 16.5. The molecule has 0 saturated carbocycles. The molecule has 156 valence electrons. The third kappa shape index (κ3) is 3.01. The van der Waals surface area contributed by atoms with Crippen LogP contribution >= 0.6 is 0 Å². The number of amides is 1. The summed E-state index contributed by atoms with van der Waals surface area (Å²) < 4.78 is 16.7. The number of aryl methyl sites for hydroxylation is 2. The summed E-state index contributed by atoms with van der Waals surface area (Å²) in [7, 11) is 0. The van der Waals surface area contributed by atoms with Crippen molar-refractivity contribution in [2.75, 3.05) is 11.5 Å². The average molecular weight is 416 g/mol. The Hall–Kier alpha value is -3.87. The van der Waals surface area contributed by atoms with Gasteiger partial charge in [0.1, 0.15) is 17.1 Å². The first-order valence-corrected chi connectivity index (χ1v) is 10.0. The first kappa shape index (κ1) is 19.1. The fourth-order valence-electron chi connectivity index (χ4n) is 4.02. The molecule has 0 radical (unpaired) electrons. The van der Waals surface area contributed by atoms with Crippen LogP contribution in [-0.2, 0) is 0 Å². The number of rotatable bonds is 4. The predicted molar refractivity (Wildman–Crippen MR) is 115 cm³/mol. The van der Waals surface area contributed by atoms with Crippen LogP contribution < -0.4 is 15.1 Å². The van der Waals surface area contributed by atoms with E-state index in [0.717, 1.165) is 11.1 Å². The predicted octanol–water partition coefficient (Wildman–Crippen LogP) is 4.55. The highest BCUT2D eigenvalue weighted by Crippen LogP contribution is 2.41. The quantitative estimate of drug-likeness (QED) is 0.485. The number of carbonyl (C=O) groups excluding carboxylic acids is 1. The zero-order valence-electron chi connectivity index (χ0n) is 17.3. The van der Waals surface area contributed by atoms with Crippen LogP contribution in [0.4, 0.5) is 5.82 Å². The second kappa shape index (κ2) is 7.12.